The zero-order chi connectivity index (χ0) is 13.7. The summed E-state index contributed by atoms with van der Waals surface area (Å²) in [6, 6.07) is 1.02. The van der Waals surface area contributed by atoms with Crippen LogP contribution in [0.2, 0.25) is 0 Å². The summed E-state index contributed by atoms with van der Waals surface area (Å²) < 4.78 is 0. The van der Waals surface area contributed by atoms with Crippen LogP contribution in [-0.4, -0.2) is 60.6 Å². The summed E-state index contributed by atoms with van der Waals surface area (Å²) >= 11 is 0. The Hall–Kier alpha value is -0.810. The number of rotatable bonds is 4. The van der Waals surface area contributed by atoms with Gasteiger partial charge in [0.05, 0.1) is 0 Å². The van der Waals surface area contributed by atoms with Gasteiger partial charge in [0.25, 0.3) is 0 Å². The number of nitrogens with two attached hydrogens (primary N) is 1. The van der Waals surface area contributed by atoms with E-state index in [2.05, 4.69) is 17.1 Å². The largest absolute Gasteiger partial charge is 0.335 e. The molecule has 2 fully saturated rings. The Morgan fingerprint density at radius 2 is 1.89 bits per heavy atom. The van der Waals surface area contributed by atoms with Gasteiger partial charge in [0.1, 0.15) is 0 Å². The van der Waals surface area contributed by atoms with E-state index in [1.165, 1.54) is 12.8 Å². The molecule has 1 saturated heterocycles. The second-order valence-electron chi connectivity index (χ2n) is 5.75. The van der Waals surface area contributed by atoms with Crippen LogP contribution in [0.5, 0.6) is 0 Å². The summed E-state index contributed by atoms with van der Waals surface area (Å²) in [5.74, 6) is 0. The normalized spacial score (nSPS) is 23.6. The Bertz CT molecular complexity index is 279. The van der Waals surface area contributed by atoms with Gasteiger partial charge in [0.15, 0.2) is 0 Å². The molecule has 1 aliphatic carbocycles. The number of amides is 2. The number of carbonyl (C=O) groups is 1. The van der Waals surface area contributed by atoms with E-state index in [1.807, 2.05) is 4.90 Å². The number of carbonyl (C=O) groups excluding carboxylic acids is 1. The van der Waals surface area contributed by atoms with Crippen molar-refractivity contribution in [1.29, 1.82) is 0 Å². The fourth-order valence-electron chi connectivity index (χ4n) is 3.20. The molecule has 1 atom stereocenters. The van der Waals surface area contributed by atoms with Gasteiger partial charge in [0.2, 0.25) is 0 Å². The van der Waals surface area contributed by atoms with E-state index in [4.69, 9.17) is 5.73 Å². The number of nitrogens with one attached hydrogen (secondary N) is 1. The zero-order valence-electron chi connectivity index (χ0n) is 12.1. The highest BCUT2D eigenvalue weighted by molar-refractivity contribution is 5.74. The van der Waals surface area contributed by atoms with Gasteiger partial charge in [-0.1, -0.05) is 19.8 Å². The first-order chi connectivity index (χ1) is 9.24. The Balaban J connectivity index is 1.74. The lowest BCUT2D eigenvalue weighted by molar-refractivity contribution is 0.107. The van der Waals surface area contributed by atoms with Gasteiger partial charge in [-0.25, -0.2) is 4.79 Å². The molecule has 0 aromatic rings. The van der Waals surface area contributed by atoms with Crippen molar-refractivity contribution >= 4 is 6.03 Å². The van der Waals surface area contributed by atoms with Crippen LogP contribution in [0.3, 0.4) is 0 Å². The van der Waals surface area contributed by atoms with Crippen LogP contribution in [-0.2, 0) is 0 Å². The lowest BCUT2D eigenvalue weighted by atomic mass is 10.1. The minimum Gasteiger partial charge on any atom is -0.335 e. The number of hydrogen-bond donors (Lipinski definition) is 2. The van der Waals surface area contributed by atoms with E-state index in [0.717, 1.165) is 45.4 Å². The monoisotopic (exact) mass is 268 g/mol. The third-order valence-electron chi connectivity index (χ3n) is 4.54. The topological polar surface area (TPSA) is 61.6 Å². The van der Waals surface area contributed by atoms with Gasteiger partial charge in [-0.15, -0.1) is 0 Å². The van der Waals surface area contributed by atoms with Crippen molar-refractivity contribution < 1.29 is 4.79 Å². The predicted octanol–water partition coefficient (Wildman–Crippen LogP) is 0.994. The number of nitrogens with zero attached hydrogens (tertiary/aromatic N) is 2. The molecular weight excluding hydrogens is 240 g/mol. The van der Waals surface area contributed by atoms with Crippen molar-refractivity contribution in [3.05, 3.63) is 0 Å². The molecule has 1 saturated carbocycles. The van der Waals surface area contributed by atoms with E-state index in [1.54, 1.807) is 0 Å². The zero-order valence-corrected chi connectivity index (χ0v) is 12.1. The predicted molar refractivity (Wildman–Crippen MR) is 77.1 cm³/mol. The number of piperazine rings is 1. The van der Waals surface area contributed by atoms with Crippen molar-refractivity contribution in [2.75, 3.05) is 32.7 Å². The maximum atomic E-state index is 12.1. The molecule has 5 nitrogen and oxygen atoms in total. The molecule has 19 heavy (non-hydrogen) atoms. The molecule has 3 N–H and O–H groups in total. The minimum atomic E-state index is 0.132. The van der Waals surface area contributed by atoms with Crippen molar-refractivity contribution in [3.8, 4) is 0 Å². The molecule has 1 unspecified atom stereocenters. The Kier molecular flexibility index (Phi) is 5.45. The van der Waals surface area contributed by atoms with E-state index >= 15 is 0 Å². The maximum absolute atomic E-state index is 12.1. The van der Waals surface area contributed by atoms with Crippen molar-refractivity contribution in [1.82, 2.24) is 15.1 Å². The molecule has 1 heterocycles. The Morgan fingerprint density at radius 1 is 1.26 bits per heavy atom. The first kappa shape index (κ1) is 14.6. The molecule has 0 bridgehead atoms. The lowest BCUT2D eigenvalue weighted by Crippen LogP contribution is -2.56. The summed E-state index contributed by atoms with van der Waals surface area (Å²) in [4.78, 5) is 16.5. The number of urea groups is 1. The van der Waals surface area contributed by atoms with Crippen LogP contribution in [0.25, 0.3) is 0 Å². The molecule has 0 aromatic carbocycles. The van der Waals surface area contributed by atoms with Crippen LogP contribution in [0, 0.1) is 0 Å². The van der Waals surface area contributed by atoms with Crippen molar-refractivity contribution in [3.63, 3.8) is 0 Å². The van der Waals surface area contributed by atoms with Gasteiger partial charge in [0, 0.05) is 44.8 Å². The molecule has 110 valence electrons. The molecule has 2 amide bonds. The summed E-state index contributed by atoms with van der Waals surface area (Å²) in [6.45, 7) is 6.45. The Morgan fingerprint density at radius 3 is 2.42 bits per heavy atom. The highest BCUT2D eigenvalue weighted by atomic mass is 16.2. The minimum absolute atomic E-state index is 0.132. The fraction of sp³-hybridized carbons (Fsp3) is 0.929. The maximum Gasteiger partial charge on any atom is 0.317 e. The molecule has 0 aromatic heterocycles. The Labute approximate surface area is 116 Å². The van der Waals surface area contributed by atoms with Crippen molar-refractivity contribution in [2.24, 2.45) is 5.73 Å². The van der Waals surface area contributed by atoms with Gasteiger partial charge in [-0.05, 0) is 19.3 Å². The van der Waals surface area contributed by atoms with Gasteiger partial charge in [-0.3, -0.25) is 4.90 Å². The summed E-state index contributed by atoms with van der Waals surface area (Å²) in [5.41, 5.74) is 5.78. The summed E-state index contributed by atoms with van der Waals surface area (Å²) in [5, 5.41) is 3.16. The highest BCUT2D eigenvalue weighted by Gasteiger charge is 2.26. The molecule has 1 aliphatic heterocycles. The average Bonchev–Trinajstić information content (AvgIpc) is 2.94. The second kappa shape index (κ2) is 7.10. The van der Waals surface area contributed by atoms with Gasteiger partial charge < -0.3 is 16.0 Å². The fourth-order valence-corrected chi connectivity index (χ4v) is 3.20. The standard InChI is InChI=1S/C14H28N4O/c1-2-13(11-15)17-7-9-18(10-8-17)14(19)16-12-5-3-4-6-12/h12-13H,2-11,15H2,1H3,(H,16,19). The van der Waals surface area contributed by atoms with E-state index in [9.17, 15) is 4.79 Å². The molecule has 0 spiro atoms. The van der Waals surface area contributed by atoms with E-state index in [0.29, 0.717) is 18.6 Å². The van der Waals surface area contributed by atoms with Gasteiger partial charge in [-0.2, -0.15) is 0 Å². The lowest BCUT2D eigenvalue weighted by Gasteiger charge is -2.39. The third kappa shape index (κ3) is 3.83. The summed E-state index contributed by atoms with van der Waals surface area (Å²) in [7, 11) is 0. The molecule has 5 heteroatoms. The second-order valence-corrected chi connectivity index (χ2v) is 5.75. The van der Waals surface area contributed by atoms with Crippen LogP contribution >= 0.6 is 0 Å². The molecule has 0 radical (unpaired) electrons. The van der Waals surface area contributed by atoms with Crippen LogP contribution < -0.4 is 11.1 Å². The SMILES string of the molecule is CCC(CN)N1CCN(C(=O)NC2CCCC2)CC1. The van der Waals surface area contributed by atoms with E-state index in [-0.39, 0.29) is 6.03 Å². The average molecular weight is 268 g/mol. The smallest absolute Gasteiger partial charge is 0.317 e. The number of hydrogen-bond acceptors (Lipinski definition) is 3. The molecular formula is C14H28N4O. The third-order valence-corrected chi connectivity index (χ3v) is 4.54. The van der Waals surface area contributed by atoms with Crippen LogP contribution in [0.15, 0.2) is 0 Å². The molecule has 2 rings (SSSR count). The van der Waals surface area contributed by atoms with E-state index < -0.39 is 0 Å². The first-order valence-corrected chi connectivity index (χ1v) is 7.74. The quantitative estimate of drug-likeness (QED) is 0.799. The van der Waals surface area contributed by atoms with Crippen molar-refractivity contribution in [2.45, 2.75) is 51.1 Å². The van der Waals surface area contributed by atoms with Gasteiger partial charge >= 0.3 is 6.03 Å². The molecule has 2 aliphatic rings. The highest BCUT2D eigenvalue weighted by Crippen LogP contribution is 2.18. The van der Waals surface area contributed by atoms with Crippen LogP contribution in [0.4, 0.5) is 4.79 Å². The summed E-state index contributed by atoms with van der Waals surface area (Å²) in [6.07, 6.45) is 5.90. The first-order valence-electron chi connectivity index (χ1n) is 7.74. The van der Waals surface area contributed by atoms with Crippen LogP contribution in [0.1, 0.15) is 39.0 Å².